The predicted molar refractivity (Wildman–Crippen MR) is 45.0 cm³/mol. The van der Waals surface area contributed by atoms with E-state index in [1.165, 1.54) is 0 Å². The zero-order valence-corrected chi connectivity index (χ0v) is 10.3. The molecular formula is C7H8F7LiO3S. The van der Waals surface area contributed by atoms with Crippen LogP contribution >= 0.6 is 0 Å². The summed E-state index contributed by atoms with van der Waals surface area (Å²) in [6.07, 6.45) is -21.8. The van der Waals surface area contributed by atoms with Gasteiger partial charge in [0.15, 0.2) is 24.7 Å². The maximum Gasteiger partial charge on any atom is 1.00 e. The van der Waals surface area contributed by atoms with E-state index >= 15 is 0 Å². The van der Waals surface area contributed by atoms with E-state index in [2.05, 4.69) is 0 Å². The minimum atomic E-state index is -5.26. The summed E-state index contributed by atoms with van der Waals surface area (Å²) in [5.74, 6) is -2.01. The molecule has 0 N–H and O–H groups in total. The topological polar surface area (TPSA) is 57.2 Å². The van der Waals surface area contributed by atoms with Gasteiger partial charge in [-0.15, -0.1) is 0 Å². The van der Waals surface area contributed by atoms with Crippen LogP contribution in [0.15, 0.2) is 0 Å². The number of hydrogen-bond acceptors (Lipinski definition) is 3. The Kier molecular flexibility index (Phi) is 9.35. The Morgan fingerprint density at radius 3 is 1.47 bits per heavy atom. The second-order valence-electron chi connectivity index (χ2n) is 3.35. The van der Waals surface area contributed by atoms with Crippen molar-refractivity contribution in [3.05, 3.63) is 0 Å². The molecule has 19 heavy (non-hydrogen) atoms. The molecule has 0 aromatic heterocycles. The fourth-order valence-electron chi connectivity index (χ4n) is 0.977. The summed E-state index contributed by atoms with van der Waals surface area (Å²) in [5, 5.41) is 0. The van der Waals surface area contributed by atoms with Crippen molar-refractivity contribution in [3.8, 4) is 0 Å². The second-order valence-corrected chi connectivity index (χ2v) is 4.80. The van der Waals surface area contributed by atoms with Crippen molar-refractivity contribution in [2.75, 3.05) is 5.75 Å². The molecule has 3 nitrogen and oxygen atoms in total. The molecule has 0 bridgehead atoms. The zero-order valence-electron chi connectivity index (χ0n) is 9.45. The molecule has 0 saturated carbocycles. The molecule has 0 aliphatic rings. The molecule has 12 heteroatoms. The first kappa shape index (κ1) is 21.3. The van der Waals surface area contributed by atoms with Crippen LogP contribution in [0.2, 0.25) is 0 Å². The third kappa shape index (κ3) is 7.39. The third-order valence-corrected chi connectivity index (χ3v) is 2.59. The van der Waals surface area contributed by atoms with Gasteiger partial charge < -0.3 is 4.55 Å². The van der Waals surface area contributed by atoms with Gasteiger partial charge in [-0.2, -0.15) is 0 Å². The summed E-state index contributed by atoms with van der Waals surface area (Å²) < 4.78 is 116. The maximum absolute atomic E-state index is 12.8. The van der Waals surface area contributed by atoms with Crippen LogP contribution in [0, 0.1) is 0 Å². The Morgan fingerprint density at radius 1 is 0.789 bits per heavy atom. The minimum Gasteiger partial charge on any atom is -0.748 e. The van der Waals surface area contributed by atoms with Crippen molar-refractivity contribution in [1.29, 1.82) is 0 Å². The largest absolute Gasteiger partial charge is 1.00 e. The molecule has 0 aliphatic heterocycles. The standard InChI is InChI=1S/C7H9F7O3S.Li/c8-2(1-18(15,16)17)3(9)4(10)5(11)6(12)7(13)14;/h2-7H,1H2,(H,15,16,17);/q;+1/p-1. The molecule has 0 aliphatic carbocycles. The van der Waals surface area contributed by atoms with E-state index in [4.69, 9.17) is 0 Å². The Bertz CT molecular complexity index is 355. The fourth-order valence-corrected chi connectivity index (χ4v) is 1.55. The van der Waals surface area contributed by atoms with E-state index < -0.39 is 53.2 Å². The number of alkyl halides is 7. The molecule has 5 atom stereocenters. The zero-order chi connectivity index (χ0) is 14.7. The van der Waals surface area contributed by atoms with Crippen molar-refractivity contribution in [3.63, 3.8) is 0 Å². The average molecular weight is 312 g/mol. The van der Waals surface area contributed by atoms with Crippen molar-refractivity contribution in [1.82, 2.24) is 0 Å². The van der Waals surface area contributed by atoms with Gasteiger partial charge in [0.25, 0.3) is 6.43 Å². The van der Waals surface area contributed by atoms with Crippen LogP contribution in [0.1, 0.15) is 0 Å². The second kappa shape index (κ2) is 8.34. The molecule has 0 radical (unpaired) electrons. The average Bonchev–Trinajstić information content (AvgIpc) is 2.22. The van der Waals surface area contributed by atoms with E-state index in [0.29, 0.717) is 0 Å². The van der Waals surface area contributed by atoms with E-state index in [0.717, 1.165) is 0 Å². The van der Waals surface area contributed by atoms with Crippen LogP contribution in [0.25, 0.3) is 0 Å². The molecule has 0 aromatic rings. The van der Waals surface area contributed by atoms with Gasteiger partial charge in [0.1, 0.15) is 6.17 Å². The normalized spacial score (nSPS) is 20.3. The van der Waals surface area contributed by atoms with Crippen molar-refractivity contribution in [2.24, 2.45) is 0 Å². The van der Waals surface area contributed by atoms with Gasteiger partial charge in [-0.25, -0.2) is 39.2 Å². The van der Waals surface area contributed by atoms with Gasteiger partial charge in [0.2, 0.25) is 0 Å². The van der Waals surface area contributed by atoms with Crippen LogP contribution in [-0.2, 0) is 10.1 Å². The van der Waals surface area contributed by atoms with Gasteiger partial charge in [-0.1, -0.05) is 0 Å². The Labute approximate surface area is 116 Å². The molecule has 0 heterocycles. The van der Waals surface area contributed by atoms with Crippen LogP contribution in [0.5, 0.6) is 0 Å². The molecular weight excluding hydrogens is 304 g/mol. The molecule has 0 amide bonds. The van der Waals surface area contributed by atoms with Gasteiger partial charge in [-0.3, -0.25) is 0 Å². The van der Waals surface area contributed by atoms with E-state index in [9.17, 15) is 43.7 Å². The van der Waals surface area contributed by atoms with E-state index in [1.807, 2.05) is 0 Å². The molecule has 5 unspecified atom stereocenters. The van der Waals surface area contributed by atoms with Crippen LogP contribution < -0.4 is 18.9 Å². The molecule has 110 valence electrons. The molecule has 0 spiro atoms. The van der Waals surface area contributed by atoms with E-state index in [-0.39, 0.29) is 18.9 Å². The first-order valence-corrected chi connectivity index (χ1v) is 5.97. The Balaban J connectivity index is 0. The fraction of sp³-hybridized carbons (Fsp3) is 1.00. The summed E-state index contributed by atoms with van der Waals surface area (Å²) in [6, 6.07) is 0. The number of hydrogen-bond donors (Lipinski definition) is 0. The van der Waals surface area contributed by atoms with Crippen molar-refractivity contribution >= 4 is 10.1 Å². The van der Waals surface area contributed by atoms with Crippen molar-refractivity contribution < 1.29 is 62.6 Å². The summed E-state index contributed by atoms with van der Waals surface area (Å²) in [5.41, 5.74) is 0. The minimum absolute atomic E-state index is 0. The summed E-state index contributed by atoms with van der Waals surface area (Å²) in [4.78, 5) is 0. The van der Waals surface area contributed by atoms with Crippen LogP contribution in [-0.4, -0.2) is 56.0 Å². The van der Waals surface area contributed by atoms with Gasteiger partial charge >= 0.3 is 18.9 Å². The third-order valence-electron chi connectivity index (χ3n) is 1.86. The predicted octanol–water partition coefficient (Wildman–Crippen LogP) is -1.51. The van der Waals surface area contributed by atoms with Gasteiger partial charge in [0, 0.05) is 0 Å². The van der Waals surface area contributed by atoms with Gasteiger partial charge in [-0.05, 0) is 0 Å². The summed E-state index contributed by atoms with van der Waals surface area (Å²) in [6.45, 7) is 0. The number of rotatable bonds is 7. The van der Waals surface area contributed by atoms with Gasteiger partial charge in [0.05, 0.1) is 15.9 Å². The van der Waals surface area contributed by atoms with Crippen LogP contribution in [0.3, 0.4) is 0 Å². The van der Waals surface area contributed by atoms with Crippen molar-refractivity contribution in [2.45, 2.75) is 37.3 Å². The maximum atomic E-state index is 12.8. The SMILES string of the molecule is O=S(=O)([O-])CC(F)C(F)C(F)C(F)C(F)C(F)F.[Li+]. The first-order chi connectivity index (χ1) is 7.97. The smallest absolute Gasteiger partial charge is 0.748 e. The summed E-state index contributed by atoms with van der Waals surface area (Å²) >= 11 is 0. The van der Waals surface area contributed by atoms with Crippen LogP contribution in [0.4, 0.5) is 30.7 Å². The first-order valence-electron chi connectivity index (χ1n) is 4.39. The molecule has 0 aromatic carbocycles. The quantitative estimate of drug-likeness (QED) is 0.326. The molecule has 0 fully saturated rings. The molecule has 0 rings (SSSR count). The Hall–Kier alpha value is 0.0174. The molecule has 0 saturated heterocycles. The summed E-state index contributed by atoms with van der Waals surface area (Å²) in [7, 11) is -5.26. The number of halogens is 7. The van der Waals surface area contributed by atoms with E-state index in [1.54, 1.807) is 0 Å². The monoisotopic (exact) mass is 312 g/mol. The Morgan fingerprint density at radius 2 is 1.16 bits per heavy atom.